The number of carbonyl (C=O) groups excluding carboxylic acids is 1. The smallest absolute Gasteiger partial charge is 0.243 e. The molecule has 6 nitrogen and oxygen atoms in total. The third kappa shape index (κ3) is 4.97. The van der Waals surface area contributed by atoms with Crippen LogP contribution in [0.25, 0.3) is 0 Å². The highest BCUT2D eigenvalue weighted by Gasteiger charge is 2.25. The van der Waals surface area contributed by atoms with Crippen molar-refractivity contribution in [3.8, 4) is 5.75 Å². The van der Waals surface area contributed by atoms with E-state index in [2.05, 4.69) is 5.32 Å². The number of amides is 1. The summed E-state index contributed by atoms with van der Waals surface area (Å²) in [7, 11) is -2.27. The standard InChI is InChI=1S/C18H21ClN2O4S/c1-3-21(26(23,24)16-10-8-15(25-2)9-11-16)13-18(22)20-12-14-6-4-5-7-17(14)19/h4-11H,3,12-13H2,1-2H3,(H,20,22). The van der Waals surface area contributed by atoms with Crippen molar-refractivity contribution in [2.75, 3.05) is 20.2 Å². The van der Waals surface area contributed by atoms with Crippen molar-refractivity contribution < 1.29 is 17.9 Å². The molecule has 1 N–H and O–H groups in total. The number of likely N-dealkylation sites (N-methyl/N-ethyl adjacent to an activating group) is 1. The molecule has 0 aliphatic rings. The van der Waals surface area contributed by atoms with Gasteiger partial charge in [0.25, 0.3) is 0 Å². The molecular weight excluding hydrogens is 376 g/mol. The van der Waals surface area contributed by atoms with Gasteiger partial charge in [0, 0.05) is 18.1 Å². The van der Waals surface area contributed by atoms with Gasteiger partial charge in [0.2, 0.25) is 15.9 Å². The van der Waals surface area contributed by atoms with Gasteiger partial charge in [-0.15, -0.1) is 0 Å². The minimum Gasteiger partial charge on any atom is -0.497 e. The Bertz CT molecular complexity index is 854. The molecule has 2 aromatic rings. The number of hydrogen-bond acceptors (Lipinski definition) is 4. The molecule has 0 saturated carbocycles. The molecule has 0 spiro atoms. The van der Waals surface area contributed by atoms with Crippen LogP contribution in [0.3, 0.4) is 0 Å². The maximum absolute atomic E-state index is 12.7. The molecule has 0 aliphatic heterocycles. The van der Waals surface area contributed by atoms with Crippen LogP contribution < -0.4 is 10.1 Å². The molecule has 0 atom stereocenters. The monoisotopic (exact) mass is 396 g/mol. The third-order valence-corrected chi connectivity index (χ3v) is 6.11. The minimum atomic E-state index is -3.77. The van der Waals surface area contributed by atoms with Gasteiger partial charge in [-0.3, -0.25) is 4.79 Å². The number of benzene rings is 2. The highest BCUT2D eigenvalue weighted by molar-refractivity contribution is 7.89. The Kier molecular flexibility index (Phi) is 7.02. The van der Waals surface area contributed by atoms with Gasteiger partial charge in [-0.2, -0.15) is 4.31 Å². The van der Waals surface area contributed by atoms with E-state index in [1.165, 1.54) is 19.2 Å². The molecule has 0 heterocycles. The number of nitrogens with zero attached hydrogens (tertiary/aromatic N) is 1. The van der Waals surface area contributed by atoms with Crippen molar-refractivity contribution in [1.29, 1.82) is 0 Å². The molecule has 2 rings (SSSR count). The Hall–Kier alpha value is -2.09. The lowest BCUT2D eigenvalue weighted by Crippen LogP contribution is -2.40. The fraction of sp³-hybridized carbons (Fsp3) is 0.278. The van der Waals surface area contributed by atoms with Crippen molar-refractivity contribution in [3.05, 3.63) is 59.1 Å². The Balaban J connectivity index is 2.04. The molecule has 0 fully saturated rings. The number of ether oxygens (including phenoxy) is 1. The summed E-state index contributed by atoms with van der Waals surface area (Å²) in [5, 5.41) is 3.24. The Morgan fingerprint density at radius 1 is 1.15 bits per heavy atom. The highest BCUT2D eigenvalue weighted by atomic mass is 35.5. The van der Waals surface area contributed by atoms with Gasteiger partial charge in [0.1, 0.15) is 5.75 Å². The average molecular weight is 397 g/mol. The lowest BCUT2D eigenvalue weighted by molar-refractivity contribution is -0.121. The van der Waals surface area contributed by atoms with Crippen molar-refractivity contribution in [2.45, 2.75) is 18.4 Å². The topological polar surface area (TPSA) is 75.7 Å². The number of methoxy groups -OCH3 is 1. The largest absolute Gasteiger partial charge is 0.497 e. The van der Waals surface area contributed by atoms with Crippen molar-refractivity contribution >= 4 is 27.5 Å². The summed E-state index contributed by atoms with van der Waals surface area (Å²) < 4.78 is 31.6. The van der Waals surface area contributed by atoms with Crippen LogP contribution in [0.2, 0.25) is 5.02 Å². The van der Waals surface area contributed by atoms with Crippen LogP contribution in [-0.2, 0) is 21.4 Å². The number of rotatable bonds is 8. The van der Waals surface area contributed by atoms with Crippen LogP contribution >= 0.6 is 11.6 Å². The lowest BCUT2D eigenvalue weighted by atomic mass is 10.2. The molecule has 26 heavy (non-hydrogen) atoms. The van der Waals surface area contributed by atoms with Crippen LogP contribution in [0.15, 0.2) is 53.4 Å². The zero-order chi connectivity index (χ0) is 19.2. The van der Waals surface area contributed by atoms with E-state index in [-0.39, 0.29) is 24.5 Å². The SMILES string of the molecule is CCN(CC(=O)NCc1ccccc1Cl)S(=O)(=O)c1ccc(OC)cc1. The summed E-state index contributed by atoms with van der Waals surface area (Å²) in [6.07, 6.45) is 0. The van der Waals surface area contributed by atoms with E-state index < -0.39 is 15.9 Å². The van der Waals surface area contributed by atoms with Crippen LogP contribution in [0.5, 0.6) is 5.75 Å². The molecular formula is C18H21ClN2O4S. The minimum absolute atomic E-state index is 0.110. The zero-order valence-corrected chi connectivity index (χ0v) is 16.2. The molecule has 0 bridgehead atoms. The third-order valence-electron chi connectivity index (χ3n) is 3.80. The van der Waals surface area contributed by atoms with E-state index in [9.17, 15) is 13.2 Å². The van der Waals surface area contributed by atoms with Gasteiger partial charge >= 0.3 is 0 Å². The second kappa shape index (κ2) is 9.02. The summed E-state index contributed by atoms with van der Waals surface area (Å²) >= 11 is 6.05. The highest BCUT2D eigenvalue weighted by Crippen LogP contribution is 2.19. The van der Waals surface area contributed by atoms with E-state index >= 15 is 0 Å². The van der Waals surface area contributed by atoms with E-state index in [0.29, 0.717) is 10.8 Å². The van der Waals surface area contributed by atoms with Crippen LogP contribution in [-0.4, -0.2) is 38.8 Å². The van der Waals surface area contributed by atoms with Gasteiger partial charge in [-0.25, -0.2) is 8.42 Å². The lowest BCUT2D eigenvalue weighted by Gasteiger charge is -2.20. The van der Waals surface area contributed by atoms with E-state index in [1.807, 2.05) is 6.07 Å². The van der Waals surface area contributed by atoms with Gasteiger partial charge in [0.05, 0.1) is 18.6 Å². The summed E-state index contributed by atoms with van der Waals surface area (Å²) in [5.41, 5.74) is 0.767. The van der Waals surface area contributed by atoms with Gasteiger partial charge < -0.3 is 10.1 Å². The molecule has 2 aromatic carbocycles. The van der Waals surface area contributed by atoms with Crippen molar-refractivity contribution in [1.82, 2.24) is 9.62 Å². The average Bonchev–Trinajstić information content (AvgIpc) is 2.65. The second-order valence-corrected chi connectivity index (χ2v) is 7.82. The maximum Gasteiger partial charge on any atom is 0.243 e. The molecule has 0 aliphatic carbocycles. The zero-order valence-electron chi connectivity index (χ0n) is 14.6. The van der Waals surface area contributed by atoms with Crippen molar-refractivity contribution in [3.63, 3.8) is 0 Å². The Morgan fingerprint density at radius 3 is 2.38 bits per heavy atom. The first-order valence-electron chi connectivity index (χ1n) is 8.02. The van der Waals surface area contributed by atoms with Crippen LogP contribution in [0.4, 0.5) is 0 Å². The summed E-state index contributed by atoms with van der Waals surface area (Å²) in [6, 6.07) is 13.2. The number of nitrogens with one attached hydrogen (secondary N) is 1. The predicted molar refractivity (Wildman–Crippen MR) is 101 cm³/mol. The summed E-state index contributed by atoms with van der Waals surface area (Å²) in [6.45, 7) is 1.82. The first kappa shape index (κ1) is 20.2. The quantitative estimate of drug-likeness (QED) is 0.744. The normalized spacial score (nSPS) is 11.4. The van der Waals surface area contributed by atoms with E-state index in [1.54, 1.807) is 37.3 Å². The number of halogens is 1. The van der Waals surface area contributed by atoms with Gasteiger partial charge in [0.15, 0.2) is 0 Å². The predicted octanol–water partition coefficient (Wildman–Crippen LogP) is 2.68. The van der Waals surface area contributed by atoms with E-state index in [4.69, 9.17) is 16.3 Å². The van der Waals surface area contributed by atoms with Crippen molar-refractivity contribution in [2.24, 2.45) is 0 Å². The molecule has 0 radical (unpaired) electrons. The number of sulfonamides is 1. The summed E-state index contributed by atoms with van der Waals surface area (Å²) in [4.78, 5) is 12.3. The Morgan fingerprint density at radius 2 is 1.81 bits per heavy atom. The molecule has 0 unspecified atom stereocenters. The Labute approximate surface area is 158 Å². The number of hydrogen-bond donors (Lipinski definition) is 1. The molecule has 0 aromatic heterocycles. The first-order chi connectivity index (χ1) is 12.4. The number of carbonyl (C=O) groups is 1. The second-order valence-electron chi connectivity index (χ2n) is 5.47. The maximum atomic E-state index is 12.7. The fourth-order valence-corrected chi connectivity index (χ4v) is 3.92. The molecule has 8 heteroatoms. The fourth-order valence-electron chi connectivity index (χ4n) is 2.32. The van der Waals surface area contributed by atoms with Gasteiger partial charge in [-0.1, -0.05) is 36.7 Å². The van der Waals surface area contributed by atoms with Gasteiger partial charge in [-0.05, 0) is 35.9 Å². The molecule has 0 saturated heterocycles. The first-order valence-corrected chi connectivity index (χ1v) is 9.84. The molecule has 140 valence electrons. The van der Waals surface area contributed by atoms with Crippen LogP contribution in [0.1, 0.15) is 12.5 Å². The van der Waals surface area contributed by atoms with E-state index in [0.717, 1.165) is 9.87 Å². The summed E-state index contributed by atoms with van der Waals surface area (Å²) in [5.74, 6) is 0.160. The molecule has 1 amide bonds. The van der Waals surface area contributed by atoms with Crippen LogP contribution in [0, 0.1) is 0 Å².